The van der Waals surface area contributed by atoms with Gasteiger partial charge >= 0.3 is 6.09 Å². The Hall–Kier alpha value is -1.54. The van der Waals surface area contributed by atoms with Gasteiger partial charge in [-0.2, -0.15) is 5.26 Å². The largest absolute Gasteiger partial charge is 0.414 e. The van der Waals surface area contributed by atoms with E-state index in [1.807, 2.05) is 12.1 Å². The van der Waals surface area contributed by atoms with Gasteiger partial charge < -0.3 is 9.64 Å². The molecule has 16 heavy (non-hydrogen) atoms. The van der Waals surface area contributed by atoms with Crippen LogP contribution in [0.4, 0.5) is 4.79 Å². The molecule has 0 atom stereocenters. The lowest BCUT2D eigenvalue weighted by molar-refractivity contribution is 0.164. The molecule has 0 unspecified atom stereocenters. The molecule has 0 aliphatic heterocycles. The molecule has 1 aromatic carbocycles. The Labute approximate surface area is 103 Å². The molecule has 0 N–H and O–H groups in total. The molecule has 0 spiro atoms. The minimum atomic E-state index is -0.464. The summed E-state index contributed by atoms with van der Waals surface area (Å²) in [5.41, 5.74) is 0. The first-order valence-corrected chi connectivity index (χ1v) is 5.48. The third-order valence-corrected chi connectivity index (χ3v) is 2.37. The molecule has 0 aliphatic carbocycles. The van der Waals surface area contributed by atoms with E-state index in [4.69, 9.17) is 10.00 Å². The maximum Gasteiger partial charge on any atom is 0.414 e. The topological polar surface area (TPSA) is 53.3 Å². The van der Waals surface area contributed by atoms with Crippen LogP contribution in [0.25, 0.3) is 0 Å². The Morgan fingerprint density at radius 2 is 2.38 bits per heavy atom. The monoisotopic (exact) mass is 282 g/mol. The van der Waals surface area contributed by atoms with Crippen molar-refractivity contribution in [2.24, 2.45) is 0 Å². The number of nitriles is 1. The fourth-order valence-electron chi connectivity index (χ4n) is 1.02. The van der Waals surface area contributed by atoms with Gasteiger partial charge in [0, 0.05) is 18.1 Å². The number of benzene rings is 1. The molecule has 0 radical (unpaired) electrons. The summed E-state index contributed by atoms with van der Waals surface area (Å²) in [5, 5.41) is 8.39. The minimum Gasteiger partial charge on any atom is -0.410 e. The Kier molecular flexibility index (Phi) is 4.80. The highest BCUT2D eigenvalue weighted by Crippen LogP contribution is 2.18. The molecule has 0 saturated carbocycles. The summed E-state index contributed by atoms with van der Waals surface area (Å²) in [4.78, 5) is 12.9. The zero-order chi connectivity index (χ0) is 12.0. The van der Waals surface area contributed by atoms with E-state index in [2.05, 4.69) is 15.9 Å². The molecule has 1 amide bonds. The number of nitrogens with zero attached hydrogens (tertiary/aromatic N) is 2. The minimum absolute atomic E-state index is 0.296. The van der Waals surface area contributed by atoms with Crippen molar-refractivity contribution in [3.63, 3.8) is 0 Å². The number of carbonyl (C=O) groups excluding carboxylic acids is 1. The van der Waals surface area contributed by atoms with E-state index in [0.717, 1.165) is 4.47 Å². The van der Waals surface area contributed by atoms with Crippen LogP contribution in [0.3, 0.4) is 0 Å². The molecular weight excluding hydrogens is 272 g/mol. The quantitative estimate of drug-likeness (QED) is 0.857. The van der Waals surface area contributed by atoms with E-state index in [9.17, 15) is 4.79 Å². The summed E-state index contributed by atoms with van der Waals surface area (Å²) >= 11 is 3.28. The molecule has 5 heteroatoms. The van der Waals surface area contributed by atoms with Gasteiger partial charge in [-0.1, -0.05) is 22.0 Å². The van der Waals surface area contributed by atoms with Crippen LogP contribution in [-0.2, 0) is 0 Å². The summed E-state index contributed by atoms with van der Waals surface area (Å²) in [5.74, 6) is 0.475. The van der Waals surface area contributed by atoms with Crippen molar-refractivity contribution in [2.45, 2.75) is 6.42 Å². The number of rotatable bonds is 3. The molecule has 1 rings (SSSR count). The zero-order valence-corrected chi connectivity index (χ0v) is 10.4. The Bertz CT molecular complexity index is 415. The SMILES string of the molecule is CN(CCC#N)C(=O)Oc1cccc(Br)c1. The number of hydrogen-bond donors (Lipinski definition) is 0. The Morgan fingerprint density at radius 1 is 1.62 bits per heavy atom. The highest BCUT2D eigenvalue weighted by molar-refractivity contribution is 9.10. The third kappa shape index (κ3) is 3.91. The molecule has 0 heterocycles. The van der Waals surface area contributed by atoms with Crippen molar-refractivity contribution < 1.29 is 9.53 Å². The van der Waals surface area contributed by atoms with Crippen molar-refractivity contribution in [3.05, 3.63) is 28.7 Å². The molecule has 0 fully saturated rings. The Morgan fingerprint density at radius 3 is 3.00 bits per heavy atom. The van der Waals surface area contributed by atoms with Crippen LogP contribution in [0.2, 0.25) is 0 Å². The molecule has 0 bridgehead atoms. The van der Waals surface area contributed by atoms with Crippen LogP contribution in [0.5, 0.6) is 5.75 Å². The predicted octanol–water partition coefficient (Wildman–Crippen LogP) is 2.79. The van der Waals surface area contributed by atoms with Crippen LogP contribution < -0.4 is 4.74 Å². The molecule has 4 nitrogen and oxygen atoms in total. The van der Waals surface area contributed by atoms with Gasteiger partial charge in [0.05, 0.1) is 12.5 Å². The van der Waals surface area contributed by atoms with Crippen LogP contribution in [0.1, 0.15) is 6.42 Å². The van der Waals surface area contributed by atoms with Gasteiger partial charge in [0.15, 0.2) is 0 Å². The first-order valence-electron chi connectivity index (χ1n) is 4.69. The van der Waals surface area contributed by atoms with Crippen LogP contribution in [0, 0.1) is 11.3 Å². The van der Waals surface area contributed by atoms with E-state index < -0.39 is 6.09 Å². The van der Waals surface area contributed by atoms with Crippen LogP contribution in [-0.4, -0.2) is 24.6 Å². The molecule has 0 aliphatic rings. The number of halogens is 1. The fraction of sp³-hybridized carbons (Fsp3) is 0.273. The summed E-state index contributed by atoms with van der Waals surface area (Å²) < 4.78 is 5.95. The van der Waals surface area contributed by atoms with Gasteiger partial charge in [-0.3, -0.25) is 0 Å². The van der Waals surface area contributed by atoms with Gasteiger partial charge in [0.25, 0.3) is 0 Å². The number of hydrogen-bond acceptors (Lipinski definition) is 3. The van der Waals surface area contributed by atoms with Gasteiger partial charge in [0.2, 0.25) is 0 Å². The maximum atomic E-state index is 11.5. The molecule has 84 valence electrons. The second kappa shape index (κ2) is 6.13. The van der Waals surface area contributed by atoms with Gasteiger partial charge in [0.1, 0.15) is 5.75 Å². The molecule has 0 saturated heterocycles. The second-order valence-electron chi connectivity index (χ2n) is 3.16. The molecular formula is C11H11BrN2O2. The average Bonchev–Trinajstić information content (AvgIpc) is 2.25. The van der Waals surface area contributed by atoms with Crippen molar-refractivity contribution in [1.82, 2.24) is 4.90 Å². The standard InChI is InChI=1S/C11H11BrN2O2/c1-14(7-3-6-13)11(15)16-10-5-2-4-9(12)8-10/h2,4-5,8H,3,7H2,1H3. The number of ether oxygens (including phenoxy) is 1. The van der Waals surface area contributed by atoms with E-state index >= 15 is 0 Å². The van der Waals surface area contributed by atoms with E-state index in [0.29, 0.717) is 18.7 Å². The van der Waals surface area contributed by atoms with Gasteiger partial charge in [-0.15, -0.1) is 0 Å². The average molecular weight is 283 g/mol. The van der Waals surface area contributed by atoms with E-state index in [1.54, 1.807) is 25.2 Å². The fourth-order valence-corrected chi connectivity index (χ4v) is 1.40. The first kappa shape index (κ1) is 12.5. The molecule has 1 aromatic rings. The van der Waals surface area contributed by atoms with Crippen LogP contribution in [0.15, 0.2) is 28.7 Å². The van der Waals surface area contributed by atoms with Crippen molar-refractivity contribution in [1.29, 1.82) is 5.26 Å². The summed E-state index contributed by atoms with van der Waals surface area (Å²) in [7, 11) is 1.59. The third-order valence-electron chi connectivity index (χ3n) is 1.87. The van der Waals surface area contributed by atoms with E-state index in [1.165, 1.54) is 4.90 Å². The smallest absolute Gasteiger partial charge is 0.410 e. The van der Waals surface area contributed by atoms with Gasteiger partial charge in [-0.05, 0) is 18.2 Å². The van der Waals surface area contributed by atoms with Gasteiger partial charge in [-0.25, -0.2) is 4.79 Å². The lowest BCUT2D eigenvalue weighted by atomic mass is 10.3. The number of carbonyl (C=O) groups is 1. The second-order valence-corrected chi connectivity index (χ2v) is 4.07. The highest BCUT2D eigenvalue weighted by atomic mass is 79.9. The summed E-state index contributed by atoms with van der Waals surface area (Å²) in [6.45, 7) is 0.364. The summed E-state index contributed by atoms with van der Waals surface area (Å²) in [6.07, 6.45) is -0.169. The Balaban J connectivity index is 2.54. The van der Waals surface area contributed by atoms with Crippen molar-refractivity contribution in [2.75, 3.05) is 13.6 Å². The first-order chi connectivity index (χ1) is 7.63. The van der Waals surface area contributed by atoms with Crippen LogP contribution >= 0.6 is 15.9 Å². The van der Waals surface area contributed by atoms with E-state index in [-0.39, 0.29) is 0 Å². The van der Waals surface area contributed by atoms with Crippen molar-refractivity contribution in [3.8, 4) is 11.8 Å². The lowest BCUT2D eigenvalue weighted by Crippen LogP contribution is -2.30. The highest BCUT2D eigenvalue weighted by Gasteiger charge is 2.10. The maximum absolute atomic E-state index is 11.5. The lowest BCUT2D eigenvalue weighted by Gasteiger charge is -2.14. The summed E-state index contributed by atoms with van der Waals surface area (Å²) in [6, 6.07) is 8.99. The predicted molar refractivity (Wildman–Crippen MR) is 63.0 cm³/mol. The molecule has 0 aromatic heterocycles. The number of amides is 1. The zero-order valence-electron chi connectivity index (χ0n) is 8.81. The normalized spacial score (nSPS) is 9.31. The van der Waals surface area contributed by atoms with Crippen molar-refractivity contribution >= 4 is 22.0 Å².